The van der Waals surface area contributed by atoms with Gasteiger partial charge in [-0.05, 0) is 30.3 Å². The number of esters is 2. The predicted octanol–water partition coefficient (Wildman–Crippen LogP) is 2.58. The minimum absolute atomic E-state index is 0.168. The van der Waals surface area contributed by atoms with Gasteiger partial charge in [0.05, 0.1) is 38.2 Å². The first-order valence-corrected chi connectivity index (χ1v) is 8.47. The molecule has 1 aromatic carbocycles. The molecular formula is C19H19N5O5. The monoisotopic (exact) mass is 397 g/mol. The van der Waals surface area contributed by atoms with E-state index in [2.05, 4.69) is 20.6 Å². The third kappa shape index (κ3) is 4.61. The number of benzene rings is 1. The Morgan fingerprint density at radius 1 is 1.07 bits per heavy atom. The lowest BCUT2D eigenvalue weighted by molar-refractivity contribution is 0.0599. The molecule has 0 fully saturated rings. The second-order valence-corrected chi connectivity index (χ2v) is 5.82. The smallest absolute Gasteiger partial charge is 0.337 e. The number of furan rings is 1. The average Bonchev–Trinajstić information content (AvgIpc) is 3.26. The van der Waals surface area contributed by atoms with E-state index in [1.807, 2.05) is 6.07 Å². The third-order valence-corrected chi connectivity index (χ3v) is 3.93. The molecule has 0 aliphatic heterocycles. The Balaban J connectivity index is 1.87. The minimum atomic E-state index is -0.602. The van der Waals surface area contributed by atoms with Crippen LogP contribution in [0.1, 0.15) is 26.5 Å². The summed E-state index contributed by atoms with van der Waals surface area (Å²) >= 11 is 0. The molecule has 29 heavy (non-hydrogen) atoms. The minimum Gasteiger partial charge on any atom is -0.467 e. The van der Waals surface area contributed by atoms with Crippen molar-refractivity contribution in [3.8, 4) is 0 Å². The lowest BCUT2D eigenvalue weighted by Gasteiger charge is -2.13. The Hall–Kier alpha value is -4.08. The van der Waals surface area contributed by atoms with Crippen molar-refractivity contribution >= 4 is 34.9 Å². The molecule has 0 saturated heterocycles. The average molecular weight is 397 g/mol. The highest BCUT2D eigenvalue weighted by Crippen LogP contribution is 2.27. The van der Waals surface area contributed by atoms with E-state index >= 15 is 0 Å². The van der Waals surface area contributed by atoms with Gasteiger partial charge in [0.1, 0.15) is 17.8 Å². The van der Waals surface area contributed by atoms with E-state index in [0.29, 0.717) is 29.6 Å². The molecule has 3 rings (SSSR count). The van der Waals surface area contributed by atoms with Gasteiger partial charge in [0.15, 0.2) is 11.6 Å². The fraction of sp³-hybridized carbons (Fsp3) is 0.158. The SMILES string of the molecule is COC(=O)c1cc(Nc2ncnc(NCc3ccco3)c2N)cc(C(=O)OC)c1. The molecule has 150 valence electrons. The lowest BCUT2D eigenvalue weighted by atomic mass is 10.1. The number of aromatic nitrogens is 2. The zero-order chi connectivity index (χ0) is 20.8. The molecular weight excluding hydrogens is 378 g/mol. The van der Waals surface area contributed by atoms with Crippen LogP contribution >= 0.6 is 0 Å². The van der Waals surface area contributed by atoms with Crippen molar-refractivity contribution in [2.75, 3.05) is 30.6 Å². The Morgan fingerprint density at radius 3 is 2.31 bits per heavy atom. The molecule has 10 nitrogen and oxygen atoms in total. The fourth-order valence-corrected chi connectivity index (χ4v) is 2.53. The van der Waals surface area contributed by atoms with Gasteiger partial charge in [-0.25, -0.2) is 19.6 Å². The first kappa shape index (κ1) is 19.7. The first-order chi connectivity index (χ1) is 14.0. The van der Waals surface area contributed by atoms with Crippen LogP contribution in [-0.2, 0) is 16.0 Å². The molecule has 0 amide bonds. The number of rotatable bonds is 7. The number of hydrogen-bond donors (Lipinski definition) is 3. The normalized spacial score (nSPS) is 10.3. The molecule has 10 heteroatoms. The summed E-state index contributed by atoms with van der Waals surface area (Å²) in [6, 6.07) is 7.99. The summed E-state index contributed by atoms with van der Waals surface area (Å²) in [6.45, 7) is 0.387. The highest BCUT2D eigenvalue weighted by atomic mass is 16.5. The number of nitrogens with two attached hydrogens (primary N) is 1. The number of hydrogen-bond acceptors (Lipinski definition) is 10. The van der Waals surface area contributed by atoms with Gasteiger partial charge in [-0.2, -0.15) is 0 Å². The second kappa shape index (κ2) is 8.74. The van der Waals surface area contributed by atoms with Gasteiger partial charge in [0.25, 0.3) is 0 Å². The summed E-state index contributed by atoms with van der Waals surface area (Å²) in [5, 5.41) is 6.05. The summed E-state index contributed by atoms with van der Waals surface area (Å²) in [4.78, 5) is 32.1. The molecule has 0 unspecified atom stereocenters. The van der Waals surface area contributed by atoms with Crippen LogP contribution in [0.25, 0.3) is 0 Å². The zero-order valence-corrected chi connectivity index (χ0v) is 15.8. The number of ether oxygens (including phenoxy) is 2. The standard InChI is InChI=1S/C19H19N5O5/c1-27-18(25)11-6-12(19(26)28-2)8-13(7-11)24-17-15(20)16(22-10-23-17)21-9-14-4-3-5-29-14/h3-8,10H,9,20H2,1-2H3,(H2,21,22,23,24). The van der Waals surface area contributed by atoms with Crippen molar-refractivity contribution in [1.29, 1.82) is 0 Å². The van der Waals surface area contributed by atoms with Gasteiger partial charge < -0.3 is 30.3 Å². The number of carbonyl (C=O) groups excluding carboxylic acids is 2. The highest BCUT2D eigenvalue weighted by molar-refractivity contribution is 5.97. The van der Waals surface area contributed by atoms with Crippen molar-refractivity contribution in [1.82, 2.24) is 9.97 Å². The van der Waals surface area contributed by atoms with Crippen LogP contribution in [-0.4, -0.2) is 36.1 Å². The molecule has 0 aliphatic rings. The largest absolute Gasteiger partial charge is 0.467 e. The fourth-order valence-electron chi connectivity index (χ4n) is 2.53. The van der Waals surface area contributed by atoms with Gasteiger partial charge in [0.2, 0.25) is 0 Å². The van der Waals surface area contributed by atoms with Crippen LogP contribution in [0.4, 0.5) is 23.0 Å². The number of nitrogens with one attached hydrogen (secondary N) is 2. The molecule has 2 aromatic heterocycles. The molecule has 0 atom stereocenters. The second-order valence-electron chi connectivity index (χ2n) is 5.82. The van der Waals surface area contributed by atoms with Crippen LogP contribution in [0.3, 0.4) is 0 Å². The topological polar surface area (TPSA) is 142 Å². The van der Waals surface area contributed by atoms with E-state index in [-0.39, 0.29) is 16.8 Å². The van der Waals surface area contributed by atoms with Gasteiger partial charge in [0, 0.05) is 5.69 Å². The lowest BCUT2D eigenvalue weighted by Crippen LogP contribution is -2.10. The molecule has 3 aromatic rings. The molecule has 0 saturated carbocycles. The van der Waals surface area contributed by atoms with E-state index < -0.39 is 11.9 Å². The van der Waals surface area contributed by atoms with Crippen molar-refractivity contribution in [2.45, 2.75) is 6.54 Å². The maximum Gasteiger partial charge on any atom is 0.337 e. The van der Waals surface area contributed by atoms with E-state index in [1.165, 1.54) is 38.7 Å². The molecule has 0 radical (unpaired) electrons. The van der Waals surface area contributed by atoms with E-state index in [1.54, 1.807) is 12.3 Å². The summed E-state index contributed by atoms with van der Waals surface area (Å²) in [7, 11) is 2.50. The van der Waals surface area contributed by atoms with E-state index in [0.717, 1.165) is 0 Å². The first-order valence-electron chi connectivity index (χ1n) is 8.47. The Morgan fingerprint density at radius 2 is 1.72 bits per heavy atom. The number of anilines is 4. The summed E-state index contributed by atoms with van der Waals surface area (Å²) in [5.41, 5.74) is 7.14. The highest BCUT2D eigenvalue weighted by Gasteiger charge is 2.15. The third-order valence-electron chi connectivity index (χ3n) is 3.93. The molecule has 0 spiro atoms. The van der Waals surface area contributed by atoms with Gasteiger partial charge >= 0.3 is 11.9 Å². The van der Waals surface area contributed by atoms with E-state index in [4.69, 9.17) is 19.6 Å². The van der Waals surface area contributed by atoms with Crippen LogP contribution < -0.4 is 16.4 Å². The Kier molecular flexibility index (Phi) is 5.93. The van der Waals surface area contributed by atoms with Crippen LogP contribution in [0.15, 0.2) is 47.3 Å². The van der Waals surface area contributed by atoms with Crippen molar-refractivity contribution in [3.63, 3.8) is 0 Å². The van der Waals surface area contributed by atoms with Crippen molar-refractivity contribution in [3.05, 3.63) is 59.8 Å². The van der Waals surface area contributed by atoms with Gasteiger partial charge in [-0.1, -0.05) is 0 Å². The van der Waals surface area contributed by atoms with Crippen LogP contribution in [0.5, 0.6) is 0 Å². The maximum absolute atomic E-state index is 11.9. The Labute approximate surface area is 166 Å². The van der Waals surface area contributed by atoms with Gasteiger partial charge in [-0.15, -0.1) is 0 Å². The molecule has 4 N–H and O–H groups in total. The summed E-state index contributed by atoms with van der Waals surface area (Å²) in [6.07, 6.45) is 2.90. The van der Waals surface area contributed by atoms with Crippen molar-refractivity contribution in [2.24, 2.45) is 0 Å². The number of nitrogens with zero attached hydrogens (tertiary/aromatic N) is 2. The zero-order valence-electron chi connectivity index (χ0n) is 15.8. The summed E-state index contributed by atoms with van der Waals surface area (Å²) in [5.74, 6) is 0.201. The maximum atomic E-state index is 11.9. The van der Waals surface area contributed by atoms with Crippen LogP contribution in [0, 0.1) is 0 Å². The molecule has 0 aliphatic carbocycles. The molecule has 2 heterocycles. The van der Waals surface area contributed by atoms with Crippen molar-refractivity contribution < 1.29 is 23.5 Å². The number of carbonyl (C=O) groups is 2. The van der Waals surface area contributed by atoms with Gasteiger partial charge in [-0.3, -0.25) is 0 Å². The van der Waals surface area contributed by atoms with Crippen LogP contribution in [0.2, 0.25) is 0 Å². The Bertz CT molecular complexity index is 986. The summed E-state index contributed by atoms with van der Waals surface area (Å²) < 4.78 is 14.7. The number of methoxy groups -OCH3 is 2. The quantitative estimate of drug-likeness (QED) is 0.509. The van der Waals surface area contributed by atoms with E-state index in [9.17, 15) is 9.59 Å². The predicted molar refractivity (Wildman–Crippen MR) is 105 cm³/mol. The molecule has 0 bridgehead atoms. The number of nitrogen functional groups attached to an aromatic ring is 1.